The van der Waals surface area contributed by atoms with Crippen LogP contribution >= 0.6 is 15.9 Å². The fourth-order valence-electron chi connectivity index (χ4n) is 3.85. The van der Waals surface area contributed by atoms with E-state index in [-0.39, 0.29) is 5.92 Å². The van der Waals surface area contributed by atoms with E-state index in [1.807, 2.05) is 6.07 Å². The first-order chi connectivity index (χ1) is 10.6. The van der Waals surface area contributed by atoms with Crippen LogP contribution < -0.4 is 0 Å². The monoisotopic (exact) mass is 380 g/mol. The number of halogens is 1. The Hall–Kier alpha value is -1.20. The summed E-state index contributed by atoms with van der Waals surface area (Å²) in [7, 11) is 0. The summed E-state index contributed by atoms with van der Waals surface area (Å²) in [5.74, 6) is -1.75. The number of rotatable bonds is 1. The minimum Gasteiger partial charge on any atom is -0.457 e. The van der Waals surface area contributed by atoms with Gasteiger partial charge in [-0.1, -0.05) is 22.4 Å². The zero-order valence-corrected chi connectivity index (χ0v) is 15.1. The number of ether oxygens (including phenoxy) is 1. The minimum absolute atomic E-state index is 0.0118. The van der Waals surface area contributed by atoms with Crippen molar-refractivity contribution in [3.63, 3.8) is 0 Å². The van der Waals surface area contributed by atoms with Crippen molar-refractivity contribution in [1.29, 1.82) is 0 Å². The van der Waals surface area contributed by atoms with Crippen molar-refractivity contribution in [3.8, 4) is 0 Å². The number of fused-ring (bicyclic) bond motifs is 3. The van der Waals surface area contributed by atoms with Gasteiger partial charge in [0, 0.05) is 16.0 Å². The van der Waals surface area contributed by atoms with Gasteiger partial charge < -0.3 is 9.84 Å². The smallest absolute Gasteiger partial charge is 0.347 e. The maximum atomic E-state index is 13.0. The van der Waals surface area contributed by atoms with Gasteiger partial charge in [0.25, 0.3) is 0 Å². The van der Waals surface area contributed by atoms with E-state index in [0.29, 0.717) is 12.0 Å². The molecular formula is C18H21BrO4. The maximum absolute atomic E-state index is 13.0. The zero-order chi connectivity index (χ0) is 17.0. The molecule has 4 nitrogen and oxygen atoms in total. The van der Waals surface area contributed by atoms with Crippen molar-refractivity contribution < 1.29 is 19.4 Å². The van der Waals surface area contributed by atoms with Crippen LogP contribution in [-0.2, 0) is 9.53 Å². The third-order valence-electron chi connectivity index (χ3n) is 4.77. The van der Waals surface area contributed by atoms with Crippen LogP contribution in [0.4, 0.5) is 0 Å². The topological polar surface area (TPSA) is 63.6 Å². The molecule has 0 aromatic heterocycles. The van der Waals surface area contributed by atoms with Crippen LogP contribution in [0.5, 0.6) is 0 Å². The van der Waals surface area contributed by atoms with Crippen LogP contribution in [0.2, 0.25) is 0 Å². The zero-order valence-electron chi connectivity index (χ0n) is 13.6. The van der Waals surface area contributed by atoms with E-state index in [2.05, 4.69) is 15.9 Å². The summed E-state index contributed by atoms with van der Waals surface area (Å²) < 4.78 is 6.28. The Morgan fingerprint density at radius 1 is 1.35 bits per heavy atom. The van der Waals surface area contributed by atoms with Gasteiger partial charge in [-0.15, -0.1) is 0 Å². The summed E-state index contributed by atoms with van der Waals surface area (Å²) in [6.45, 7) is 5.20. The van der Waals surface area contributed by atoms with Gasteiger partial charge >= 0.3 is 5.97 Å². The van der Waals surface area contributed by atoms with Crippen molar-refractivity contribution in [2.24, 2.45) is 5.92 Å². The fraction of sp³-hybridized carbons (Fsp3) is 0.556. The Balaban J connectivity index is 2.10. The number of ketones is 1. The van der Waals surface area contributed by atoms with Crippen molar-refractivity contribution in [2.45, 2.75) is 57.2 Å². The number of carbonyl (C=O) groups excluding carboxylic acids is 2. The standard InChI is InChI=1S/C18H21BrO4/c1-17(2,3)23-16(21)18(22)14-6-4-5-11(14)13-9-10(19)7-8-12(13)15(18)20/h7-9,11,14,22H,4-6H2,1-3H3/t11-,14-,18+/m1/s1. The van der Waals surface area contributed by atoms with Crippen LogP contribution in [0.15, 0.2) is 22.7 Å². The average molecular weight is 381 g/mol. The van der Waals surface area contributed by atoms with Gasteiger partial charge in [0.2, 0.25) is 11.4 Å². The summed E-state index contributed by atoms with van der Waals surface area (Å²) in [6, 6.07) is 5.39. The fourth-order valence-corrected chi connectivity index (χ4v) is 4.23. The van der Waals surface area contributed by atoms with E-state index in [1.54, 1.807) is 32.9 Å². The van der Waals surface area contributed by atoms with Gasteiger partial charge in [-0.25, -0.2) is 4.79 Å². The Bertz CT molecular complexity index is 676. The van der Waals surface area contributed by atoms with E-state index in [4.69, 9.17) is 4.74 Å². The Morgan fingerprint density at radius 2 is 2.04 bits per heavy atom. The molecule has 3 rings (SSSR count). The molecule has 1 fully saturated rings. The molecule has 5 heteroatoms. The van der Waals surface area contributed by atoms with Gasteiger partial charge in [-0.05, 0) is 63.3 Å². The second-order valence-corrected chi connectivity index (χ2v) is 8.39. The van der Waals surface area contributed by atoms with Gasteiger partial charge in [-0.3, -0.25) is 4.79 Å². The molecule has 0 aliphatic heterocycles. The highest BCUT2D eigenvalue weighted by Crippen LogP contribution is 2.52. The molecule has 0 heterocycles. The molecule has 1 N–H and O–H groups in total. The van der Waals surface area contributed by atoms with Crippen molar-refractivity contribution in [2.75, 3.05) is 0 Å². The highest BCUT2D eigenvalue weighted by Gasteiger charge is 2.60. The second kappa shape index (κ2) is 5.42. The first-order valence-electron chi connectivity index (χ1n) is 7.94. The van der Waals surface area contributed by atoms with E-state index in [9.17, 15) is 14.7 Å². The van der Waals surface area contributed by atoms with E-state index < -0.39 is 28.9 Å². The number of hydrogen-bond acceptors (Lipinski definition) is 4. The van der Waals surface area contributed by atoms with E-state index >= 15 is 0 Å². The van der Waals surface area contributed by atoms with Gasteiger partial charge in [-0.2, -0.15) is 0 Å². The molecule has 0 spiro atoms. The lowest BCUT2D eigenvalue weighted by atomic mass is 9.67. The Morgan fingerprint density at radius 3 is 2.70 bits per heavy atom. The molecule has 0 radical (unpaired) electrons. The SMILES string of the molecule is CC(C)(C)OC(=O)[C@@]1(O)C(=O)c2ccc(Br)cc2[C@H]2CCC[C@H]21. The third-order valence-corrected chi connectivity index (χ3v) is 5.26. The first-order valence-corrected chi connectivity index (χ1v) is 8.74. The lowest BCUT2D eigenvalue weighted by molar-refractivity contribution is -0.177. The summed E-state index contributed by atoms with van der Waals surface area (Å²) in [4.78, 5) is 25.6. The molecule has 0 unspecified atom stereocenters. The number of aliphatic hydroxyl groups is 1. The Labute approximate surface area is 144 Å². The molecule has 1 aromatic carbocycles. The summed E-state index contributed by atoms with van der Waals surface area (Å²) in [5, 5.41) is 11.1. The molecule has 0 bridgehead atoms. The largest absolute Gasteiger partial charge is 0.457 e. The van der Waals surface area contributed by atoms with Crippen LogP contribution in [0.1, 0.15) is 61.9 Å². The molecule has 124 valence electrons. The van der Waals surface area contributed by atoms with Crippen molar-refractivity contribution in [3.05, 3.63) is 33.8 Å². The van der Waals surface area contributed by atoms with Crippen LogP contribution in [0.3, 0.4) is 0 Å². The first kappa shape index (κ1) is 16.7. The third kappa shape index (κ3) is 2.64. The summed E-state index contributed by atoms with van der Waals surface area (Å²) >= 11 is 3.44. The molecular weight excluding hydrogens is 360 g/mol. The number of benzene rings is 1. The van der Waals surface area contributed by atoms with Crippen LogP contribution in [-0.4, -0.2) is 28.1 Å². The highest BCUT2D eigenvalue weighted by atomic mass is 79.9. The van der Waals surface area contributed by atoms with Gasteiger partial charge in [0.05, 0.1) is 0 Å². The Kier molecular flexibility index (Phi) is 3.92. The molecule has 1 aromatic rings. The van der Waals surface area contributed by atoms with E-state index in [0.717, 1.165) is 22.9 Å². The summed E-state index contributed by atoms with van der Waals surface area (Å²) in [5.41, 5.74) is -1.46. The molecule has 23 heavy (non-hydrogen) atoms. The maximum Gasteiger partial charge on any atom is 0.347 e. The molecule has 0 saturated heterocycles. The van der Waals surface area contributed by atoms with Crippen molar-refractivity contribution in [1.82, 2.24) is 0 Å². The molecule has 2 aliphatic rings. The minimum atomic E-state index is -2.07. The predicted molar refractivity (Wildman–Crippen MR) is 89.3 cm³/mol. The molecule has 0 amide bonds. The molecule has 3 atom stereocenters. The van der Waals surface area contributed by atoms with Crippen LogP contribution in [0.25, 0.3) is 0 Å². The highest BCUT2D eigenvalue weighted by molar-refractivity contribution is 9.10. The lowest BCUT2D eigenvalue weighted by Gasteiger charge is -2.40. The number of hydrogen-bond donors (Lipinski definition) is 1. The number of Topliss-reactive ketones (excluding diaryl/α,β-unsaturated/α-hetero) is 1. The number of carbonyl (C=O) groups is 2. The molecule has 2 aliphatic carbocycles. The van der Waals surface area contributed by atoms with Crippen molar-refractivity contribution >= 4 is 27.7 Å². The van der Waals surface area contributed by atoms with Gasteiger partial charge in [0.1, 0.15) is 5.60 Å². The normalized spacial score (nSPS) is 29.9. The van der Waals surface area contributed by atoms with Gasteiger partial charge in [0.15, 0.2) is 0 Å². The predicted octanol–water partition coefficient (Wildman–Crippen LogP) is 3.60. The average Bonchev–Trinajstić information content (AvgIpc) is 2.92. The van der Waals surface area contributed by atoms with Crippen LogP contribution in [0, 0.1) is 5.92 Å². The second-order valence-electron chi connectivity index (χ2n) is 7.47. The summed E-state index contributed by atoms with van der Waals surface area (Å²) in [6.07, 6.45) is 2.41. The number of esters is 1. The quantitative estimate of drug-likeness (QED) is 0.597. The van der Waals surface area contributed by atoms with E-state index in [1.165, 1.54) is 0 Å². The lowest BCUT2D eigenvalue weighted by Crippen LogP contribution is -2.58. The molecule has 1 saturated carbocycles.